The van der Waals surface area contributed by atoms with Gasteiger partial charge in [0.1, 0.15) is 0 Å². The Bertz CT molecular complexity index is 1500. The summed E-state index contributed by atoms with van der Waals surface area (Å²) < 4.78 is 47.3. The van der Waals surface area contributed by atoms with Crippen LogP contribution in [0.1, 0.15) is 42.4 Å². The highest BCUT2D eigenvalue weighted by molar-refractivity contribution is 9.10. The van der Waals surface area contributed by atoms with E-state index in [1.54, 1.807) is 9.80 Å². The molecule has 4 aliphatic heterocycles. The molecule has 3 N–H and O–H groups in total. The van der Waals surface area contributed by atoms with Gasteiger partial charge >= 0.3 is 18.3 Å². The minimum absolute atomic E-state index is 0.0509. The summed E-state index contributed by atoms with van der Waals surface area (Å²) >= 11 is 4.66. The van der Waals surface area contributed by atoms with Gasteiger partial charge in [0.15, 0.2) is 6.10 Å². The minimum Gasteiger partial charge on any atom is -0.436 e. The fourth-order valence-electron chi connectivity index (χ4n) is 7.14. The number of nitrogen functional groups attached to an aromatic ring is 1. The molecular weight excluding hydrogens is 715 g/mol. The largest absolute Gasteiger partial charge is 0.436 e. The van der Waals surface area contributed by atoms with Crippen molar-refractivity contribution in [2.24, 2.45) is 0 Å². The molecule has 4 amide bonds. The molecule has 3 fully saturated rings. The summed E-state index contributed by atoms with van der Waals surface area (Å²) in [6, 6.07) is 2.56. The number of piperidine rings is 2. The summed E-state index contributed by atoms with van der Waals surface area (Å²) in [5.41, 5.74) is 6.31. The lowest BCUT2D eigenvalue weighted by Gasteiger charge is -2.43. The first-order chi connectivity index (χ1) is 22.9. The fraction of sp³-hybridized carbons (Fsp3) is 0.594. The van der Waals surface area contributed by atoms with Crippen LogP contribution in [0, 0.1) is 0 Å². The Morgan fingerprint density at radius 1 is 1.00 bits per heavy atom. The highest BCUT2D eigenvalue weighted by Crippen LogP contribution is 2.38. The number of halogens is 4. The molecule has 0 aliphatic carbocycles. The van der Waals surface area contributed by atoms with Crippen LogP contribution < -0.4 is 11.1 Å². The molecule has 2 aromatic rings. The van der Waals surface area contributed by atoms with Gasteiger partial charge in [0, 0.05) is 73.2 Å². The molecule has 4 aliphatic rings. The molecule has 0 radical (unpaired) electrons. The Labute approximate surface area is 290 Å². The van der Waals surface area contributed by atoms with E-state index in [0.717, 1.165) is 43.2 Å². The molecule has 0 bridgehead atoms. The number of anilines is 2. The normalized spacial score (nSPS) is 21.2. The number of urea groups is 1. The third-order valence-electron chi connectivity index (χ3n) is 10.0. The lowest BCUT2D eigenvalue weighted by molar-refractivity contribution is -0.143. The van der Waals surface area contributed by atoms with Gasteiger partial charge in [-0.05, 0) is 84.8 Å². The molecule has 0 spiro atoms. The zero-order chi connectivity index (χ0) is 34.2. The second kappa shape index (κ2) is 14.4. The topological polar surface area (TPSA) is 115 Å². The van der Waals surface area contributed by atoms with Crippen molar-refractivity contribution in [3.05, 3.63) is 44.1 Å². The maximum absolute atomic E-state index is 13.9. The number of nitrogens with zero attached hydrogens (tertiary/aromatic N) is 5. The molecule has 262 valence electrons. The Balaban J connectivity index is 1.13. The van der Waals surface area contributed by atoms with E-state index in [-0.39, 0.29) is 28.5 Å². The average molecular weight is 757 g/mol. The lowest BCUT2D eigenvalue weighted by Crippen LogP contribution is -2.56. The summed E-state index contributed by atoms with van der Waals surface area (Å²) in [7, 11) is 2.11. The van der Waals surface area contributed by atoms with Crippen LogP contribution in [0.3, 0.4) is 0 Å². The Hall–Kier alpha value is -3.08. The lowest BCUT2D eigenvalue weighted by atomic mass is 10.0. The zero-order valence-electron chi connectivity index (χ0n) is 26.8. The fourth-order valence-corrected chi connectivity index (χ4v) is 8.43. The summed E-state index contributed by atoms with van der Waals surface area (Å²) in [5, 5.41) is 6.84. The SMILES string of the molecule is CN1CCC(N2CCN(C(=O)[C@@H](Cc3cc(Br)c(N)c(C(F)(F)F)c3)OC(=O)N3CCC(N4Cc5cscc5NC4=O)CC3)CC2)CC1. The van der Waals surface area contributed by atoms with E-state index in [1.165, 1.54) is 22.3 Å². The van der Waals surface area contributed by atoms with E-state index < -0.39 is 35.5 Å². The molecule has 0 unspecified atom stereocenters. The van der Waals surface area contributed by atoms with Gasteiger partial charge in [-0.2, -0.15) is 13.2 Å². The van der Waals surface area contributed by atoms with Crippen molar-refractivity contribution < 1.29 is 32.3 Å². The number of piperazine rings is 1. The maximum atomic E-state index is 13.9. The number of nitrogens with one attached hydrogen (secondary N) is 1. The third kappa shape index (κ3) is 7.71. The van der Waals surface area contributed by atoms with Gasteiger partial charge in [0.05, 0.1) is 23.5 Å². The minimum atomic E-state index is -4.70. The number of benzene rings is 1. The van der Waals surface area contributed by atoms with Crippen LogP contribution in [0.5, 0.6) is 0 Å². The number of ether oxygens (including phenoxy) is 1. The number of hydrogen-bond acceptors (Lipinski definition) is 8. The molecule has 3 saturated heterocycles. The number of hydrogen-bond donors (Lipinski definition) is 2. The van der Waals surface area contributed by atoms with Crippen LogP contribution in [0.4, 0.5) is 34.1 Å². The predicted octanol–water partition coefficient (Wildman–Crippen LogP) is 4.91. The smallest absolute Gasteiger partial charge is 0.418 e. The van der Waals surface area contributed by atoms with Crippen LogP contribution >= 0.6 is 27.3 Å². The quantitative estimate of drug-likeness (QED) is 0.403. The molecule has 48 heavy (non-hydrogen) atoms. The standard InChI is InChI=1S/C32H41BrF3N7O4S/c1-39-6-2-22(3-7-39)40-10-12-41(13-11-40)29(44)27(16-20-14-24(32(34,35)36)28(37)25(33)15-20)47-31(46)42-8-4-23(5-9-42)43-17-21-18-48-19-26(21)38-30(43)45/h14-15,18-19,22-23,27H,2-13,16-17,37H2,1H3,(H,38,45)/t27-/m1/s1. The maximum Gasteiger partial charge on any atom is 0.418 e. The first kappa shape index (κ1) is 34.8. The van der Waals surface area contributed by atoms with Crippen LogP contribution in [0.15, 0.2) is 27.4 Å². The van der Waals surface area contributed by atoms with E-state index in [9.17, 15) is 27.6 Å². The summed E-state index contributed by atoms with van der Waals surface area (Å²) in [5.74, 6) is -0.431. The number of rotatable bonds is 6. The highest BCUT2D eigenvalue weighted by Gasteiger charge is 2.38. The molecule has 5 heterocycles. The molecule has 1 aromatic heterocycles. The van der Waals surface area contributed by atoms with E-state index >= 15 is 0 Å². The molecule has 1 aromatic carbocycles. The van der Waals surface area contributed by atoms with Gasteiger partial charge in [0.25, 0.3) is 5.91 Å². The van der Waals surface area contributed by atoms with E-state index in [1.807, 2.05) is 10.8 Å². The van der Waals surface area contributed by atoms with Crippen LogP contribution in [-0.2, 0) is 28.7 Å². The predicted molar refractivity (Wildman–Crippen MR) is 180 cm³/mol. The summed E-state index contributed by atoms with van der Waals surface area (Å²) in [6.45, 7) is 5.40. The number of thiophene rings is 1. The molecule has 1 atom stereocenters. The number of nitrogens with two attached hydrogens (primary N) is 1. The van der Waals surface area contributed by atoms with Gasteiger partial charge in [-0.15, -0.1) is 11.3 Å². The van der Waals surface area contributed by atoms with Crippen molar-refractivity contribution in [1.82, 2.24) is 24.5 Å². The number of fused-ring (bicyclic) bond motifs is 1. The van der Waals surface area contributed by atoms with E-state index in [4.69, 9.17) is 10.5 Å². The Morgan fingerprint density at radius 3 is 2.33 bits per heavy atom. The van der Waals surface area contributed by atoms with Gasteiger partial charge in [0.2, 0.25) is 0 Å². The van der Waals surface area contributed by atoms with Gasteiger partial charge in [-0.3, -0.25) is 9.69 Å². The van der Waals surface area contributed by atoms with Crippen molar-refractivity contribution in [3.63, 3.8) is 0 Å². The van der Waals surface area contributed by atoms with Gasteiger partial charge < -0.3 is 35.4 Å². The number of likely N-dealkylation sites (tertiary alicyclic amines) is 2. The van der Waals surface area contributed by atoms with Crippen molar-refractivity contribution in [1.29, 1.82) is 0 Å². The second-order valence-electron chi connectivity index (χ2n) is 13.1. The van der Waals surface area contributed by atoms with Crippen molar-refractivity contribution in [2.45, 2.75) is 63.0 Å². The molecule has 16 heteroatoms. The van der Waals surface area contributed by atoms with Gasteiger partial charge in [-0.25, -0.2) is 9.59 Å². The first-order valence-corrected chi connectivity index (χ1v) is 18.1. The van der Waals surface area contributed by atoms with Crippen LogP contribution in [0.2, 0.25) is 0 Å². The number of carbonyl (C=O) groups is 3. The van der Waals surface area contributed by atoms with Crippen LogP contribution in [0.25, 0.3) is 0 Å². The highest BCUT2D eigenvalue weighted by atomic mass is 79.9. The second-order valence-corrected chi connectivity index (χ2v) is 14.7. The summed E-state index contributed by atoms with van der Waals surface area (Å²) in [6.07, 6.45) is -3.80. The van der Waals surface area contributed by atoms with E-state index in [0.29, 0.717) is 64.7 Å². The third-order valence-corrected chi connectivity index (χ3v) is 11.5. The number of amides is 4. The van der Waals surface area contributed by atoms with Crippen LogP contribution in [-0.4, -0.2) is 120 Å². The van der Waals surface area contributed by atoms with Crippen molar-refractivity contribution in [3.8, 4) is 0 Å². The molecule has 11 nitrogen and oxygen atoms in total. The zero-order valence-corrected chi connectivity index (χ0v) is 29.2. The summed E-state index contributed by atoms with van der Waals surface area (Å²) in [4.78, 5) is 49.9. The Morgan fingerprint density at radius 2 is 1.67 bits per heavy atom. The van der Waals surface area contributed by atoms with Crippen molar-refractivity contribution in [2.75, 3.05) is 70.5 Å². The molecular formula is C32H41BrF3N7O4S. The monoisotopic (exact) mass is 755 g/mol. The average Bonchev–Trinajstić information content (AvgIpc) is 3.52. The van der Waals surface area contributed by atoms with E-state index in [2.05, 4.69) is 38.1 Å². The number of alkyl halides is 3. The van der Waals surface area contributed by atoms with Gasteiger partial charge in [-0.1, -0.05) is 0 Å². The Kier molecular flexibility index (Phi) is 10.4. The van der Waals surface area contributed by atoms with Crippen molar-refractivity contribution >= 4 is 56.7 Å². The molecule has 0 saturated carbocycles. The number of carbonyl (C=O) groups excluding carboxylic acids is 3. The first-order valence-electron chi connectivity index (χ1n) is 16.3. The molecule has 6 rings (SSSR count).